The van der Waals surface area contributed by atoms with Crippen molar-refractivity contribution in [2.75, 3.05) is 0 Å². The highest BCUT2D eigenvalue weighted by atomic mass is 15.0. The summed E-state index contributed by atoms with van der Waals surface area (Å²) in [4.78, 5) is 0. The highest BCUT2D eigenvalue weighted by Gasteiger charge is 2.19. The summed E-state index contributed by atoms with van der Waals surface area (Å²) in [6, 6.07) is 57.8. The van der Waals surface area contributed by atoms with E-state index in [0.29, 0.717) is 16.7 Å². The Bertz CT molecular complexity index is 2920. The molecule has 0 spiro atoms. The Hall–Kier alpha value is -7.39. The molecule has 0 aliphatic heterocycles. The second-order valence-corrected chi connectivity index (χ2v) is 12.3. The Morgan fingerprint density at radius 2 is 1.04 bits per heavy atom. The van der Waals surface area contributed by atoms with Crippen LogP contribution < -0.4 is 0 Å². The Morgan fingerprint density at radius 1 is 0.400 bits per heavy atom. The van der Waals surface area contributed by atoms with Crippen molar-refractivity contribution in [3.63, 3.8) is 0 Å². The third-order valence-electron chi connectivity index (χ3n) is 9.63. The van der Waals surface area contributed by atoms with Gasteiger partial charge in [-0.1, -0.05) is 84.9 Å². The normalized spacial score (nSPS) is 11.1. The van der Waals surface area contributed by atoms with E-state index in [9.17, 15) is 15.8 Å². The SMILES string of the molecule is N#Cc1ccc2c(c1)c1c(C#N)cccc1n2-c1ccccc1-c1cccc(-c2ccc(-n3c4ccccc4c4ccccc43)cc2C#N)c1. The molecule has 0 aliphatic rings. The highest BCUT2D eigenvalue weighted by Crippen LogP contribution is 2.39. The van der Waals surface area contributed by atoms with E-state index < -0.39 is 0 Å². The van der Waals surface area contributed by atoms with Crippen molar-refractivity contribution in [3.8, 4) is 51.8 Å². The summed E-state index contributed by atoms with van der Waals surface area (Å²) < 4.78 is 4.40. The van der Waals surface area contributed by atoms with E-state index in [1.165, 1.54) is 10.8 Å². The molecule has 0 saturated carbocycles. The van der Waals surface area contributed by atoms with Gasteiger partial charge in [0.15, 0.2) is 0 Å². The summed E-state index contributed by atoms with van der Waals surface area (Å²) in [6.45, 7) is 0. The van der Waals surface area contributed by atoms with Gasteiger partial charge >= 0.3 is 0 Å². The molecule has 0 N–H and O–H groups in total. The molecule has 0 fully saturated rings. The summed E-state index contributed by atoms with van der Waals surface area (Å²) in [5.41, 5.74) is 11.4. The average Bonchev–Trinajstić information content (AvgIpc) is 3.70. The predicted octanol–water partition coefficient (Wildman–Crippen LogP) is 10.8. The minimum atomic E-state index is 0.544. The van der Waals surface area contributed by atoms with Crippen LogP contribution in [0, 0.1) is 34.0 Å². The fourth-order valence-corrected chi connectivity index (χ4v) is 7.48. The number of hydrogen-bond acceptors (Lipinski definition) is 3. The van der Waals surface area contributed by atoms with Crippen LogP contribution in [0.2, 0.25) is 0 Å². The summed E-state index contributed by atoms with van der Waals surface area (Å²) in [6.07, 6.45) is 0. The number of nitrogens with zero attached hydrogens (tertiary/aromatic N) is 5. The molecular formula is C45H25N5. The number of aromatic nitrogens is 2. The van der Waals surface area contributed by atoms with Gasteiger partial charge in [0.2, 0.25) is 0 Å². The molecule has 9 rings (SSSR count). The lowest BCUT2D eigenvalue weighted by Crippen LogP contribution is -1.98. The quantitative estimate of drug-likeness (QED) is 0.193. The van der Waals surface area contributed by atoms with Gasteiger partial charge in [-0.3, -0.25) is 0 Å². The summed E-state index contributed by atoms with van der Waals surface area (Å²) in [5.74, 6) is 0. The fourth-order valence-electron chi connectivity index (χ4n) is 7.48. The monoisotopic (exact) mass is 635 g/mol. The van der Waals surface area contributed by atoms with Crippen LogP contribution in [0.3, 0.4) is 0 Å². The van der Waals surface area contributed by atoms with Crippen LogP contribution in [-0.2, 0) is 0 Å². The van der Waals surface area contributed by atoms with Crippen molar-refractivity contribution in [2.24, 2.45) is 0 Å². The van der Waals surface area contributed by atoms with Gasteiger partial charge in [-0.15, -0.1) is 0 Å². The molecule has 0 saturated heterocycles. The lowest BCUT2D eigenvalue weighted by molar-refractivity contribution is 1.18. The maximum absolute atomic E-state index is 10.5. The average molecular weight is 636 g/mol. The largest absolute Gasteiger partial charge is 0.309 e. The van der Waals surface area contributed by atoms with Crippen LogP contribution in [0.25, 0.3) is 77.2 Å². The van der Waals surface area contributed by atoms with Crippen LogP contribution in [-0.4, -0.2) is 9.13 Å². The van der Waals surface area contributed by atoms with E-state index in [2.05, 4.69) is 94.1 Å². The van der Waals surface area contributed by atoms with E-state index in [4.69, 9.17) is 0 Å². The first-order chi connectivity index (χ1) is 24.7. The third-order valence-corrected chi connectivity index (χ3v) is 9.63. The smallest absolute Gasteiger partial charge is 0.0998 e. The van der Waals surface area contributed by atoms with Gasteiger partial charge < -0.3 is 9.13 Å². The minimum absolute atomic E-state index is 0.544. The van der Waals surface area contributed by atoms with Crippen LogP contribution in [0.1, 0.15) is 16.7 Å². The molecule has 5 heteroatoms. The molecule has 9 aromatic rings. The zero-order valence-electron chi connectivity index (χ0n) is 26.7. The topological polar surface area (TPSA) is 81.2 Å². The number of nitriles is 3. The van der Waals surface area contributed by atoms with Crippen molar-refractivity contribution in [2.45, 2.75) is 0 Å². The molecule has 0 amide bonds. The van der Waals surface area contributed by atoms with E-state index >= 15 is 0 Å². The number of rotatable bonds is 4. The van der Waals surface area contributed by atoms with E-state index in [0.717, 1.165) is 66.5 Å². The van der Waals surface area contributed by atoms with Crippen molar-refractivity contribution in [3.05, 3.63) is 168 Å². The highest BCUT2D eigenvalue weighted by molar-refractivity contribution is 6.13. The third kappa shape index (κ3) is 4.31. The molecule has 7 aromatic carbocycles. The number of para-hydroxylation sites is 3. The van der Waals surface area contributed by atoms with E-state index in [1.807, 2.05) is 84.9 Å². The van der Waals surface area contributed by atoms with Crippen LogP contribution >= 0.6 is 0 Å². The first-order valence-corrected chi connectivity index (χ1v) is 16.3. The first kappa shape index (κ1) is 28.8. The minimum Gasteiger partial charge on any atom is -0.309 e. The lowest BCUT2D eigenvalue weighted by atomic mass is 9.95. The fraction of sp³-hybridized carbons (Fsp3) is 0. The zero-order valence-corrected chi connectivity index (χ0v) is 26.7. The van der Waals surface area contributed by atoms with Crippen molar-refractivity contribution in [1.29, 1.82) is 15.8 Å². The Labute approximate surface area is 287 Å². The van der Waals surface area contributed by atoms with Crippen molar-refractivity contribution in [1.82, 2.24) is 9.13 Å². The van der Waals surface area contributed by atoms with Gasteiger partial charge in [-0.05, 0) is 83.4 Å². The van der Waals surface area contributed by atoms with Gasteiger partial charge in [0.1, 0.15) is 0 Å². The van der Waals surface area contributed by atoms with Gasteiger partial charge in [0, 0.05) is 32.8 Å². The number of benzene rings is 7. The zero-order chi connectivity index (χ0) is 33.8. The Morgan fingerprint density at radius 3 is 1.78 bits per heavy atom. The molecular weight excluding hydrogens is 611 g/mol. The predicted molar refractivity (Wildman–Crippen MR) is 200 cm³/mol. The maximum atomic E-state index is 10.5. The molecule has 0 bridgehead atoms. The maximum Gasteiger partial charge on any atom is 0.0998 e. The Balaban J connectivity index is 1.20. The first-order valence-electron chi connectivity index (χ1n) is 16.3. The summed E-state index contributed by atoms with van der Waals surface area (Å²) in [5, 5.41) is 34.2. The number of hydrogen-bond donors (Lipinski definition) is 0. The summed E-state index contributed by atoms with van der Waals surface area (Å²) >= 11 is 0. The second-order valence-electron chi connectivity index (χ2n) is 12.3. The molecule has 50 heavy (non-hydrogen) atoms. The van der Waals surface area contributed by atoms with Gasteiger partial charge in [-0.25, -0.2) is 0 Å². The van der Waals surface area contributed by atoms with Crippen LogP contribution in [0.5, 0.6) is 0 Å². The lowest BCUT2D eigenvalue weighted by Gasteiger charge is -2.15. The van der Waals surface area contributed by atoms with Crippen molar-refractivity contribution < 1.29 is 0 Å². The van der Waals surface area contributed by atoms with E-state index in [1.54, 1.807) is 0 Å². The van der Waals surface area contributed by atoms with Crippen LogP contribution in [0.15, 0.2) is 152 Å². The van der Waals surface area contributed by atoms with Gasteiger partial charge in [0.05, 0.1) is 62.7 Å². The molecule has 0 unspecified atom stereocenters. The second kappa shape index (κ2) is 11.4. The van der Waals surface area contributed by atoms with Gasteiger partial charge in [0.25, 0.3) is 0 Å². The van der Waals surface area contributed by atoms with Gasteiger partial charge in [-0.2, -0.15) is 15.8 Å². The molecule has 2 heterocycles. The van der Waals surface area contributed by atoms with Crippen molar-refractivity contribution >= 4 is 43.6 Å². The van der Waals surface area contributed by atoms with Crippen LogP contribution in [0.4, 0.5) is 0 Å². The Kier molecular flexibility index (Phi) is 6.56. The molecule has 0 aliphatic carbocycles. The molecule has 230 valence electrons. The summed E-state index contributed by atoms with van der Waals surface area (Å²) in [7, 11) is 0. The molecule has 5 nitrogen and oxygen atoms in total. The molecule has 0 atom stereocenters. The standard InChI is InChI=1S/C45H25N5/c46-26-29-19-22-43-39(23-29)45-32(27-47)11-8-18-44(45)50(43)40-15-4-1-12-36(40)31-10-7-9-30(24-31)35-21-20-34(25-33(35)28-48)49-41-16-5-2-13-37(41)38-14-3-6-17-42(38)49/h1-25H. The molecule has 2 aromatic heterocycles. The number of fused-ring (bicyclic) bond motifs is 6. The molecule has 0 radical (unpaired) electrons. The van der Waals surface area contributed by atoms with E-state index in [-0.39, 0.29) is 0 Å².